The molecule has 2 N–H and O–H groups in total. The van der Waals surface area contributed by atoms with E-state index in [0.717, 1.165) is 38.6 Å². The Morgan fingerprint density at radius 1 is 1.27 bits per heavy atom. The molecule has 2 aliphatic heterocycles. The number of benzene rings is 1. The molecule has 144 valence electrons. The van der Waals surface area contributed by atoms with E-state index < -0.39 is 10.0 Å². The molecule has 1 atom stereocenters. The first-order valence-corrected chi connectivity index (χ1v) is 10.7. The summed E-state index contributed by atoms with van der Waals surface area (Å²) in [5.41, 5.74) is 0.476. The van der Waals surface area contributed by atoms with Gasteiger partial charge in [-0.3, -0.25) is 4.79 Å². The minimum Gasteiger partial charge on any atom is -0.495 e. The highest BCUT2D eigenvalue weighted by atomic mass is 32.2. The number of nitrogens with zero attached hydrogens (tertiary/aromatic N) is 1. The zero-order valence-corrected chi connectivity index (χ0v) is 16.0. The van der Waals surface area contributed by atoms with Gasteiger partial charge in [-0.2, -0.15) is 4.31 Å². The summed E-state index contributed by atoms with van der Waals surface area (Å²) >= 11 is 0. The van der Waals surface area contributed by atoms with E-state index in [9.17, 15) is 13.2 Å². The predicted molar refractivity (Wildman–Crippen MR) is 99.9 cm³/mol. The number of nitrogens with one attached hydrogen (secondary N) is 2. The maximum atomic E-state index is 13.0. The zero-order chi connectivity index (χ0) is 18.6. The third-order valence-electron chi connectivity index (χ3n) is 4.97. The van der Waals surface area contributed by atoms with Gasteiger partial charge >= 0.3 is 0 Å². The molecular formula is C18H27N3O4S. The molecule has 0 radical (unpaired) electrons. The van der Waals surface area contributed by atoms with Gasteiger partial charge in [0.2, 0.25) is 15.9 Å². The molecule has 2 heterocycles. The fourth-order valence-electron chi connectivity index (χ4n) is 3.57. The molecular weight excluding hydrogens is 354 g/mol. The normalized spacial score (nSPS) is 21.5. The Kier molecular flexibility index (Phi) is 6.16. The van der Waals surface area contributed by atoms with Gasteiger partial charge in [0.1, 0.15) is 10.6 Å². The van der Waals surface area contributed by atoms with Crippen LogP contribution < -0.4 is 15.4 Å². The summed E-state index contributed by atoms with van der Waals surface area (Å²) in [5, 5.41) is 6.10. The van der Waals surface area contributed by atoms with Crippen molar-refractivity contribution in [3.63, 3.8) is 0 Å². The van der Waals surface area contributed by atoms with Gasteiger partial charge < -0.3 is 15.4 Å². The summed E-state index contributed by atoms with van der Waals surface area (Å²) in [7, 11) is -2.19. The highest BCUT2D eigenvalue weighted by molar-refractivity contribution is 7.89. The molecule has 7 nitrogen and oxygen atoms in total. The minimum atomic E-state index is -3.64. The lowest BCUT2D eigenvalue weighted by molar-refractivity contribution is -0.116. The predicted octanol–water partition coefficient (Wildman–Crippen LogP) is 1.95. The lowest BCUT2D eigenvalue weighted by Gasteiger charge is -2.26. The molecule has 3 rings (SSSR count). The van der Waals surface area contributed by atoms with E-state index in [1.807, 2.05) is 0 Å². The van der Waals surface area contributed by atoms with E-state index in [0.29, 0.717) is 30.9 Å². The number of ether oxygens (including phenoxy) is 1. The van der Waals surface area contributed by atoms with Crippen molar-refractivity contribution in [2.24, 2.45) is 0 Å². The van der Waals surface area contributed by atoms with Crippen molar-refractivity contribution in [3.8, 4) is 5.75 Å². The van der Waals surface area contributed by atoms with Gasteiger partial charge in [0.25, 0.3) is 0 Å². The summed E-state index contributed by atoms with van der Waals surface area (Å²) in [5.74, 6) is 0.182. The van der Waals surface area contributed by atoms with Crippen molar-refractivity contribution in [3.05, 3.63) is 18.2 Å². The first kappa shape index (κ1) is 19.1. The fraction of sp³-hybridized carbons (Fsp3) is 0.611. The van der Waals surface area contributed by atoms with E-state index in [1.165, 1.54) is 17.5 Å². The molecule has 0 aliphatic carbocycles. The van der Waals surface area contributed by atoms with Crippen LogP contribution >= 0.6 is 0 Å². The van der Waals surface area contributed by atoms with Crippen LogP contribution in [0.3, 0.4) is 0 Å². The van der Waals surface area contributed by atoms with Crippen LogP contribution in [0.5, 0.6) is 5.75 Å². The van der Waals surface area contributed by atoms with Crippen LogP contribution in [0.2, 0.25) is 0 Å². The number of hydrogen-bond donors (Lipinski definition) is 2. The minimum absolute atomic E-state index is 0.110. The van der Waals surface area contributed by atoms with E-state index in [1.54, 1.807) is 12.1 Å². The number of methoxy groups -OCH3 is 1. The van der Waals surface area contributed by atoms with E-state index >= 15 is 0 Å². The summed E-state index contributed by atoms with van der Waals surface area (Å²) in [4.78, 5) is 12.4. The van der Waals surface area contributed by atoms with Crippen LogP contribution in [0.1, 0.15) is 38.5 Å². The smallest absolute Gasteiger partial charge is 0.246 e. The summed E-state index contributed by atoms with van der Waals surface area (Å²) in [6.07, 6.45) is 5.25. The first-order chi connectivity index (χ1) is 12.5. The highest BCUT2D eigenvalue weighted by Crippen LogP contribution is 2.31. The van der Waals surface area contributed by atoms with Crippen LogP contribution in [0, 0.1) is 0 Å². The van der Waals surface area contributed by atoms with E-state index in [4.69, 9.17) is 4.74 Å². The fourth-order valence-corrected chi connectivity index (χ4v) is 5.27. The van der Waals surface area contributed by atoms with Crippen LogP contribution in [-0.4, -0.2) is 51.4 Å². The van der Waals surface area contributed by atoms with Gasteiger partial charge in [0.15, 0.2) is 0 Å². The average Bonchev–Trinajstić information content (AvgIpc) is 3.15. The van der Waals surface area contributed by atoms with Crippen molar-refractivity contribution in [2.75, 3.05) is 32.1 Å². The zero-order valence-electron chi connectivity index (χ0n) is 15.2. The van der Waals surface area contributed by atoms with Gasteiger partial charge in [-0.1, -0.05) is 6.42 Å². The molecule has 0 spiro atoms. The Labute approximate surface area is 155 Å². The summed E-state index contributed by atoms with van der Waals surface area (Å²) in [6.45, 7) is 1.99. The number of rotatable bonds is 6. The monoisotopic (exact) mass is 381 g/mol. The number of amides is 1. The van der Waals surface area contributed by atoms with Crippen molar-refractivity contribution >= 4 is 21.6 Å². The molecule has 1 aromatic rings. The summed E-state index contributed by atoms with van der Waals surface area (Å²) < 4.78 is 32.8. The van der Waals surface area contributed by atoms with E-state index in [-0.39, 0.29) is 16.8 Å². The topological polar surface area (TPSA) is 87.7 Å². The third-order valence-corrected chi connectivity index (χ3v) is 6.89. The molecule has 26 heavy (non-hydrogen) atoms. The largest absolute Gasteiger partial charge is 0.495 e. The Balaban J connectivity index is 1.78. The molecule has 0 bridgehead atoms. The second kappa shape index (κ2) is 8.37. The molecule has 1 unspecified atom stereocenters. The number of piperidine rings is 1. The van der Waals surface area contributed by atoms with Gasteiger partial charge in [-0.05, 0) is 50.4 Å². The average molecular weight is 381 g/mol. The van der Waals surface area contributed by atoms with Crippen molar-refractivity contribution in [1.29, 1.82) is 0 Å². The number of carbonyl (C=O) groups is 1. The lowest BCUT2D eigenvalue weighted by atomic mass is 10.1. The number of carbonyl (C=O) groups excluding carboxylic acids is 1. The summed E-state index contributed by atoms with van der Waals surface area (Å²) in [6, 6.07) is 4.97. The Morgan fingerprint density at radius 3 is 2.69 bits per heavy atom. The molecule has 2 aliphatic rings. The van der Waals surface area contributed by atoms with Gasteiger partial charge in [0.05, 0.1) is 7.11 Å². The van der Waals surface area contributed by atoms with Crippen molar-refractivity contribution < 1.29 is 17.9 Å². The molecule has 2 saturated heterocycles. The van der Waals surface area contributed by atoms with Crippen molar-refractivity contribution in [2.45, 2.75) is 49.5 Å². The second-order valence-corrected chi connectivity index (χ2v) is 8.78. The molecule has 1 amide bonds. The molecule has 2 fully saturated rings. The Bertz CT molecular complexity index is 739. The standard InChI is InChI=1S/C18H27N3O4S/c1-25-16-8-7-15(20-18(22)13-14-6-5-9-19-14)12-17(16)26(23,24)21-10-3-2-4-11-21/h7-8,12,14,19H,2-6,9-11,13H2,1H3,(H,20,22). The molecule has 0 aromatic heterocycles. The van der Waals surface area contributed by atoms with Crippen molar-refractivity contribution in [1.82, 2.24) is 9.62 Å². The molecule has 8 heteroatoms. The quantitative estimate of drug-likeness (QED) is 0.786. The molecule has 0 saturated carbocycles. The Hall–Kier alpha value is -1.64. The van der Waals surface area contributed by atoms with Gasteiger partial charge in [0, 0.05) is 31.2 Å². The van der Waals surface area contributed by atoms with Gasteiger partial charge in [-0.15, -0.1) is 0 Å². The van der Waals surface area contributed by atoms with Crippen LogP contribution in [0.4, 0.5) is 5.69 Å². The molecule has 1 aromatic carbocycles. The second-order valence-electron chi connectivity index (χ2n) is 6.88. The maximum absolute atomic E-state index is 13.0. The van der Waals surface area contributed by atoms with Crippen LogP contribution in [-0.2, 0) is 14.8 Å². The first-order valence-electron chi connectivity index (χ1n) is 9.22. The lowest BCUT2D eigenvalue weighted by Crippen LogP contribution is -2.35. The number of anilines is 1. The van der Waals surface area contributed by atoms with Gasteiger partial charge in [-0.25, -0.2) is 8.42 Å². The van der Waals surface area contributed by atoms with Crippen LogP contribution in [0.25, 0.3) is 0 Å². The SMILES string of the molecule is COc1ccc(NC(=O)CC2CCCN2)cc1S(=O)(=O)N1CCCCC1. The van der Waals surface area contributed by atoms with Crippen LogP contribution in [0.15, 0.2) is 23.1 Å². The third kappa shape index (κ3) is 4.36. The Morgan fingerprint density at radius 2 is 2.04 bits per heavy atom. The maximum Gasteiger partial charge on any atom is 0.246 e. The number of hydrogen-bond acceptors (Lipinski definition) is 5. The highest BCUT2D eigenvalue weighted by Gasteiger charge is 2.29. The van der Waals surface area contributed by atoms with E-state index in [2.05, 4.69) is 10.6 Å². The number of sulfonamides is 1.